The van der Waals surface area contributed by atoms with Crippen molar-refractivity contribution in [2.75, 3.05) is 50.7 Å². The summed E-state index contributed by atoms with van der Waals surface area (Å²) in [4.78, 5) is 32.6. The molecule has 0 N–H and O–H groups in total. The van der Waals surface area contributed by atoms with Crippen LogP contribution in [0.1, 0.15) is 37.3 Å². The topological polar surface area (TPSA) is 43.9 Å². The second-order valence-electron chi connectivity index (χ2n) is 10.9. The van der Waals surface area contributed by atoms with Crippen LogP contribution in [-0.4, -0.2) is 67.3 Å². The smallest absolute Gasteiger partial charge is 0.368 e. The van der Waals surface area contributed by atoms with Gasteiger partial charge in [0.05, 0.1) is 5.56 Å². The lowest BCUT2D eigenvalue weighted by molar-refractivity contribution is -0.137. The van der Waals surface area contributed by atoms with Crippen LogP contribution in [0, 0.1) is 11.2 Å². The van der Waals surface area contributed by atoms with E-state index >= 15 is 0 Å². The molecule has 1 amide bonds. The van der Waals surface area contributed by atoms with Gasteiger partial charge in [0.25, 0.3) is 5.91 Å². The Morgan fingerprint density at radius 2 is 1.62 bits per heavy atom. The Bertz CT molecular complexity index is 1260. The van der Waals surface area contributed by atoms with Gasteiger partial charge in [-0.2, -0.15) is 13.2 Å². The fraction of sp³-hybridized carbons (Fsp3) is 0.467. The van der Waals surface area contributed by atoms with Gasteiger partial charge < -0.3 is 14.7 Å². The van der Waals surface area contributed by atoms with E-state index in [4.69, 9.17) is 0 Å². The Morgan fingerprint density at radius 3 is 2.26 bits per heavy atom. The maximum atomic E-state index is 13.8. The van der Waals surface area contributed by atoms with Gasteiger partial charge in [0.2, 0.25) is 0 Å². The predicted octanol–water partition coefficient (Wildman–Crippen LogP) is 5.11. The lowest BCUT2D eigenvalue weighted by Crippen LogP contribution is -2.51. The molecule has 2 heterocycles. The molecule has 0 atom stereocenters. The number of Topliss-reactive ketones (excluding diaryl/α,β-unsaturated/α-hetero) is 1. The van der Waals surface area contributed by atoms with Gasteiger partial charge in [0.1, 0.15) is 5.82 Å². The monoisotopic (exact) mass is 543 g/mol. The van der Waals surface area contributed by atoms with Crippen molar-refractivity contribution >= 4 is 17.4 Å². The number of carbonyl (C=O) groups excluding carboxylic acids is 2. The van der Waals surface area contributed by atoms with Gasteiger partial charge in [-0.05, 0) is 75.2 Å². The van der Waals surface area contributed by atoms with Gasteiger partial charge in [0, 0.05) is 61.4 Å². The number of halogens is 4. The summed E-state index contributed by atoms with van der Waals surface area (Å²) in [7, 11) is 0. The number of alkyl halides is 3. The molecule has 2 aromatic rings. The van der Waals surface area contributed by atoms with Crippen molar-refractivity contribution in [2.45, 2.75) is 38.8 Å². The fourth-order valence-corrected chi connectivity index (χ4v) is 6.23. The number of piperazine rings is 1. The molecule has 2 aromatic carbocycles. The Hall–Kier alpha value is -3.20. The molecule has 0 aromatic heterocycles. The molecule has 208 valence electrons. The molecule has 39 heavy (non-hydrogen) atoms. The minimum atomic E-state index is -4.41. The van der Waals surface area contributed by atoms with Crippen molar-refractivity contribution in [1.29, 1.82) is 0 Å². The highest BCUT2D eigenvalue weighted by Gasteiger charge is 2.49. The van der Waals surface area contributed by atoms with Crippen LogP contribution in [0.5, 0.6) is 0 Å². The minimum Gasteiger partial charge on any atom is -0.368 e. The van der Waals surface area contributed by atoms with E-state index in [1.54, 1.807) is 30.0 Å². The summed E-state index contributed by atoms with van der Waals surface area (Å²) in [5.41, 5.74) is 1.62. The van der Waals surface area contributed by atoms with E-state index in [0.29, 0.717) is 49.4 Å². The third-order valence-corrected chi connectivity index (χ3v) is 8.59. The van der Waals surface area contributed by atoms with E-state index in [0.717, 1.165) is 56.6 Å². The number of piperidine rings is 1. The van der Waals surface area contributed by atoms with Gasteiger partial charge in [-0.3, -0.25) is 9.59 Å². The Labute approximate surface area is 226 Å². The zero-order chi connectivity index (χ0) is 27.8. The van der Waals surface area contributed by atoms with Crippen LogP contribution in [0.3, 0.4) is 0 Å². The lowest BCUT2D eigenvalue weighted by Gasteiger charge is -2.43. The normalized spacial score (nSPS) is 20.3. The number of rotatable bonds is 5. The number of likely N-dealkylation sites (tertiary alicyclic amines) is 1. The largest absolute Gasteiger partial charge is 0.416 e. The van der Waals surface area contributed by atoms with E-state index in [1.807, 2.05) is 4.90 Å². The number of hydrogen-bond acceptors (Lipinski definition) is 4. The third kappa shape index (κ3) is 5.73. The molecule has 2 aliphatic heterocycles. The highest BCUT2D eigenvalue weighted by molar-refractivity contribution is 6.10. The zero-order valence-corrected chi connectivity index (χ0v) is 22.1. The summed E-state index contributed by atoms with van der Waals surface area (Å²) in [5, 5.41) is 0. The number of allylic oxidation sites excluding steroid dienone is 1. The van der Waals surface area contributed by atoms with Crippen LogP contribution in [0.4, 0.5) is 23.2 Å². The molecule has 0 radical (unpaired) electrons. The van der Waals surface area contributed by atoms with E-state index in [9.17, 15) is 27.2 Å². The van der Waals surface area contributed by atoms with Gasteiger partial charge in [-0.1, -0.05) is 18.2 Å². The summed E-state index contributed by atoms with van der Waals surface area (Å²) >= 11 is 0. The molecule has 0 bridgehead atoms. The standard InChI is InChI=1S/C30H33F4N3O2/c1-21-26(38)20-29(10-13-35(14-11-29)12-9-22-5-7-24(31)8-6-22)27(21)28(39)37-17-15-36(16-18-37)25-4-2-3-23(19-25)30(32,33)34/h2-8,19H,9-18,20H2,1H3. The van der Waals surface area contributed by atoms with Gasteiger partial charge in [-0.15, -0.1) is 0 Å². The Morgan fingerprint density at radius 1 is 0.949 bits per heavy atom. The fourth-order valence-electron chi connectivity index (χ4n) is 6.23. The van der Waals surface area contributed by atoms with Crippen LogP contribution in [0.15, 0.2) is 59.7 Å². The van der Waals surface area contributed by atoms with E-state index in [-0.39, 0.29) is 17.5 Å². The number of benzene rings is 2. The van der Waals surface area contributed by atoms with Crippen LogP contribution in [0.25, 0.3) is 0 Å². The Kier molecular flexibility index (Phi) is 7.55. The molecule has 0 saturated carbocycles. The first-order valence-corrected chi connectivity index (χ1v) is 13.5. The van der Waals surface area contributed by atoms with E-state index < -0.39 is 17.2 Å². The van der Waals surface area contributed by atoms with Crippen molar-refractivity contribution < 1.29 is 27.2 Å². The number of carbonyl (C=O) groups is 2. The highest BCUT2D eigenvalue weighted by atomic mass is 19.4. The minimum absolute atomic E-state index is 0.0284. The Balaban J connectivity index is 1.21. The van der Waals surface area contributed by atoms with E-state index in [2.05, 4.69) is 4.90 Å². The second kappa shape index (κ2) is 10.8. The SMILES string of the molecule is CC1=C(C(=O)N2CCN(c3cccc(C(F)(F)F)c3)CC2)C2(CCN(CCc3ccc(F)cc3)CC2)CC1=O. The molecule has 1 aliphatic carbocycles. The number of nitrogens with zero attached hydrogens (tertiary/aromatic N) is 3. The number of ketones is 1. The van der Waals surface area contributed by atoms with Gasteiger partial charge >= 0.3 is 6.18 Å². The summed E-state index contributed by atoms with van der Waals surface area (Å²) in [6.45, 7) is 5.78. The lowest BCUT2D eigenvalue weighted by atomic mass is 9.72. The van der Waals surface area contributed by atoms with Crippen molar-refractivity contribution in [2.24, 2.45) is 5.41 Å². The molecule has 1 spiro atoms. The molecule has 9 heteroatoms. The first kappa shape index (κ1) is 27.4. The summed E-state index contributed by atoms with van der Waals surface area (Å²) in [5.74, 6) is -0.330. The second-order valence-corrected chi connectivity index (χ2v) is 10.9. The van der Waals surface area contributed by atoms with E-state index in [1.165, 1.54) is 18.2 Å². The van der Waals surface area contributed by atoms with Crippen molar-refractivity contribution in [3.8, 4) is 0 Å². The average Bonchev–Trinajstić information content (AvgIpc) is 3.17. The molecule has 3 aliphatic rings. The zero-order valence-electron chi connectivity index (χ0n) is 22.1. The first-order chi connectivity index (χ1) is 18.6. The van der Waals surface area contributed by atoms with Crippen LogP contribution >= 0.6 is 0 Å². The molecule has 5 nitrogen and oxygen atoms in total. The average molecular weight is 544 g/mol. The molecule has 5 rings (SSSR count). The molecular formula is C30H33F4N3O2. The summed E-state index contributed by atoms with van der Waals surface area (Å²) < 4.78 is 52.7. The van der Waals surface area contributed by atoms with Crippen molar-refractivity contribution in [1.82, 2.24) is 9.80 Å². The first-order valence-electron chi connectivity index (χ1n) is 13.5. The maximum Gasteiger partial charge on any atom is 0.416 e. The van der Waals surface area contributed by atoms with Gasteiger partial charge in [-0.25, -0.2) is 4.39 Å². The van der Waals surface area contributed by atoms with Crippen LogP contribution in [-0.2, 0) is 22.2 Å². The predicted molar refractivity (Wildman–Crippen MR) is 141 cm³/mol. The third-order valence-electron chi connectivity index (χ3n) is 8.59. The number of anilines is 1. The molecule has 2 saturated heterocycles. The molecule has 0 unspecified atom stereocenters. The highest BCUT2D eigenvalue weighted by Crippen LogP contribution is 2.49. The maximum absolute atomic E-state index is 13.8. The molecule has 2 fully saturated rings. The number of hydrogen-bond donors (Lipinski definition) is 0. The van der Waals surface area contributed by atoms with Crippen LogP contribution < -0.4 is 4.90 Å². The molecular weight excluding hydrogens is 510 g/mol. The van der Waals surface area contributed by atoms with Gasteiger partial charge in [0.15, 0.2) is 5.78 Å². The van der Waals surface area contributed by atoms with Crippen molar-refractivity contribution in [3.63, 3.8) is 0 Å². The van der Waals surface area contributed by atoms with Crippen LogP contribution in [0.2, 0.25) is 0 Å². The quantitative estimate of drug-likeness (QED) is 0.492. The van der Waals surface area contributed by atoms with Crippen molar-refractivity contribution in [3.05, 3.63) is 76.6 Å². The number of amides is 1. The summed E-state index contributed by atoms with van der Waals surface area (Å²) in [6, 6.07) is 11.8. The summed E-state index contributed by atoms with van der Waals surface area (Å²) in [6.07, 6.45) is -1.79.